The summed E-state index contributed by atoms with van der Waals surface area (Å²) in [4.78, 5) is 12.5. The maximum Gasteiger partial charge on any atom is 0.266 e. The van der Waals surface area contributed by atoms with Gasteiger partial charge in [0.1, 0.15) is 11.6 Å². The number of carbonyl (C=O) groups excluding carboxylic acids is 1. The minimum Gasteiger partial charge on any atom is -0.490 e. The second-order valence-corrected chi connectivity index (χ2v) is 7.04. The second kappa shape index (κ2) is 12.3. The number of unbranched alkanes of at least 4 members (excludes halogenated alkanes) is 3. The molecule has 2 rings (SSSR count). The molecular weight excluding hydrogens is 376 g/mol. The largest absolute Gasteiger partial charge is 0.490 e. The topological polar surface area (TPSA) is 71.3 Å². The van der Waals surface area contributed by atoms with Gasteiger partial charge in [0.25, 0.3) is 5.91 Å². The molecule has 0 unspecified atom stereocenters. The summed E-state index contributed by atoms with van der Waals surface area (Å²) in [5.74, 6) is 0.837. The van der Waals surface area contributed by atoms with E-state index in [9.17, 15) is 10.1 Å². The molecule has 0 spiro atoms. The number of hydrogen-bond acceptors (Lipinski definition) is 4. The van der Waals surface area contributed by atoms with Gasteiger partial charge in [-0.25, -0.2) is 0 Å². The van der Waals surface area contributed by atoms with Crippen LogP contribution < -0.4 is 14.8 Å². The van der Waals surface area contributed by atoms with Gasteiger partial charge < -0.3 is 14.8 Å². The van der Waals surface area contributed by atoms with E-state index in [1.807, 2.05) is 50.2 Å². The average Bonchev–Trinajstić information content (AvgIpc) is 2.73. The minimum absolute atomic E-state index is 0.0205. The van der Waals surface area contributed by atoms with Crippen molar-refractivity contribution in [2.75, 3.05) is 18.5 Å². The highest BCUT2D eigenvalue weighted by Gasteiger charge is 2.11. The first-order chi connectivity index (χ1) is 14.6. The molecule has 2 aromatic rings. The van der Waals surface area contributed by atoms with Crippen molar-refractivity contribution in [3.8, 4) is 17.6 Å². The van der Waals surface area contributed by atoms with Gasteiger partial charge in [-0.2, -0.15) is 5.26 Å². The van der Waals surface area contributed by atoms with Gasteiger partial charge in [-0.05, 0) is 61.7 Å². The molecule has 0 fully saturated rings. The zero-order valence-electron chi connectivity index (χ0n) is 18.0. The number of nitrogens with zero attached hydrogens (tertiary/aromatic N) is 1. The Morgan fingerprint density at radius 3 is 2.60 bits per heavy atom. The van der Waals surface area contributed by atoms with Crippen LogP contribution in [-0.2, 0) is 4.79 Å². The molecule has 0 aliphatic heterocycles. The smallest absolute Gasteiger partial charge is 0.266 e. The number of carbonyl (C=O) groups is 1. The number of benzene rings is 2. The molecule has 0 radical (unpaired) electrons. The molecule has 0 aliphatic carbocycles. The summed E-state index contributed by atoms with van der Waals surface area (Å²) >= 11 is 0. The van der Waals surface area contributed by atoms with Gasteiger partial charge in [0.05, 0.1) is 13.2 Å². The van der Waals surface area contributed by atoms with Gasteiger partial charge in [-0.3, -0.25) is 4.79 Å². The summed E-state index contributed by atoms with van der Waals surface area (Å²) in [5, 5.41) is 12.2. The molecule has 0 atom stereocenters. The van der Waals surface area contributed by atoms with Crippen molar-refractivity contribution in [2.45, 2.75) is 46.5 Å². The van der Waals surface area contributed by atoms with Crippen LogP contribution in [0.2, 0.25) is 0 Å². The number of amides is 1. The summed E-state index contributed by atoms with van der Waals surface area (Å²) < 4.78 is 11.6. The average molecular weight is 407 g/mol. The van der Waals surface area contributed by atoms with Crippen molar-refractivity contribution < 1.29 is 14.3 Å². The van der Waals surface area contributed by atoms with Crippen LogP contribution in [-0.4, -0.2) is 19.1 Å². The maximum atomic E-state index is 12.5. The first-order valence-electron chi connectivity index (χ1n) is 10.5. The third kappa shape index (κ3) is 7.29. The van der Waals surface area contributed by atoms with E-state index in [1.165, 1.54) is 12.8 Å². The third-order valence-corrected chi connectivity index (χ3v) is 4.48. The first kappa shape index (κ1) is 23.0. The van der Waals surface area contributed by atoms with Gasteiger partial charge in [-0.1, -0.05) is 44.4 Å². The molecule has 5 nitrogen and oxygen atoms in total. The van der Waals surface area contributed by atoms with Crippen LogP contribution in [0.5, 0.6) is 11.5 Å². The van der Waals surface area contributed by atoms with Crippen LogP contribution >= 0.6 is 0 Å². The Morgan fingerprint density at radius 2 is 1.90 bits per heavy atom. The predicted octanol–water partition coefficient (Wildman–Crippen LogP) is 5.90. The van der Waals surface area contributed by atoms with E-state index >= 15 is 0 Å². The highest BCUT2D eigenvalue weighted by Crippen LogP contribution is 2.30. The molecule has 0 saturated heterocycles. The van der Waals surface area contributed by atoms with E-state index in [0.717, 1.165) is 18.4 Å². The first-order valence-corrected chi connectivity index (χ1v) is 10.5. The lowest BCUT2D eigenvalue weighted by molar-refractivity contribution is -0.112. The third-order valence-electron chi connectivity index (χ3n) is 4.48. The van der Waals surface area contributed by atoms with Crippen molar-refractivity contribution in [1.82, 2.24) is 0 Å². The van der Waals surface area contributed by atoms with Gasteiger partial charge in [-0.15, -0.1) is 0 Å². The Kier molecular flexibility index (Phi) is 9.47. The SMILES string of the molecule is CCCCCCOc1ccc(/C=C(\C#N)C(=O)Nc2cccc(C)c2)cc1OCC. The van der Waals surface area contributed by atoms with Crippen LogP contribution in [0.15, 0.2) is 48.0 Å². The van der Waals surface area contributed by atoms with E-state index in [0.29, 0.717) is 36.0 Å². The normalized spacial score (nSPS) is 10.9. The number of ether oxygens (including phenoxy) is 2. The van der Waals surface area contributed by atoms with Crippen molar-refractivity contribution in [2.24, 2.45) is 0 Å². The van der Waals surface area contributed by atoms with E-state index in [4.69, 9.17) is 9.47 Å². The zero-order valence-corrected chi connectivity index (χ0v) is 18.0. The Balaban J connectivity index is 2.13. The number of anilines is 1. The molecule has 158 valence electrons. The standard InChI is InChI=1S/C25H30N2O3/c1-4-6-7-8-14-30-23-13-12-20(17-24(23)29-5-2)16-21(18-26)25(28)27-22-11-9-10-19(3)15-22/h9-13,15-17H,4-8,14H2,1-3H3,(H,27,28)/b21-16+. The van der Waals surface area contributed by atoms with E-state index in [2.05, 4.69) is 12.2 Å². The van der Waals surface area contributed by atoms with Crippen LogP contribution in [0, 0.1) is 18.3 Å². The number of hydrogen-bond donors (Lipinski definition) is 1. The van der Waals surface area contributed by atoms with E-state index < -0.39 is 5.91 Å². The zero-order chi connectivity index (χ0) is 21.8. The number of nitriles is 1. The highest BCUT2D eigenvalue weighted by atomic mass is 16.5. The molecular formula is C25H30N2O3. The molecule has 1 N–H and O–H groups in total. The summed E-state index contributed by atoms with van der Waals surface area (Å²) in [6.07, 6.45) is 6.08. The van der Waals surface area contributed by atoms with Gasteiger partial charge in [0, 0.05) is 5.69 Å². The molecule has 5 heteroatoms. The molecule has 0 aliphatic rings. The van der Waals surface area contributed by atoms with Crippen LogP contribution in [0.4, 0.5) is 5.69 Å². The lowest BCUT2D eigenvalue weighted by Crippen LogP contribution is -2.13. The fraction of sp³-hybridized carbons (Fsp3) is 0.360. The van der Waals surface area contributed by atoms with Crippen molar-refractivity contribution in [3.63, 3.8) is 0 Å². The number of nitrogens with one attached hydrogen (secondary N) is 1. The molecule has 1 amide bonds. The van der Waals surface area contributed by atoms with E-state index in [-0.39, 0.29) is 5.57 Å². The summed E-state index contributed by atoms with van der Waals surface area (Å²) in [5.41, 5.74) is 2.41. The maximum absolute atomic E-state index is 12.5. The Morgan fingerprint density at radius 1 is 1.07 bits per heavy atom. The fourth-order valence-electron chi connectivity index (χ4n) is 2.95. The van der Waals surface area contributed by atoms with Crippen molar-refractivity contribution >= 4 is 17.7 Å². The molecule has 30 heavy (non-hydrogen) atoms. The quantitative estimate of drug-likeness (QED) is 0.286. The van der Waals surface area contributed by atoms with Gasteiger partial charge >= 0.3 is 0 Å². The second-order valence-electron chi connectivity index (χ2n) is 7.04. The van der Waals surface area contributed by atoms with E-state index in [1.54, 1.807) is 18.2 Å². The Hall–Kier alpha value is -3.26. The minimum atomic E-state index is -0.447. The number of aryl methyl sites for hydroxylation is 1. The monoisotopic (exact) mass is 406 g/mol. The van der Waals surface area contributed by atoms with Crippen LogP contribution in [0.3, 0.4) is 0 Å². The fourth-order valence-corrected chi connectivity index (χ4v) is 2.95. The summed E-state index contributed by atoms with van der Waals surface area (Å²) in [7, 11) is 0. The van der Waals surface area contributed by atoms with Crippen molar-refractivity contribution in [1.29, 1.82) is 5.26 Å². The lowest BCUT2D eigenvalue weighted by atomic mass is 10.1. The summed E-state index contributed by atoms with van der Waals surface area (Å²) in [6, 6.07) is 14.9. The van der Waals surface area contributed by atoms with Crippen molar-refractivity contribution in [3.05, 3.63) is 59.2 Å². The van der Waals surface area contributed by atoms with Crippen LogP contribution in [0.25, 0.3) is 6.08 Å². The molecule has 0 heterocycles. The Bertz CT molecular complexity index is 913. The Labute approximate surface area is 179 Å². The highest BCUT2D eigenvalue weighted by molar-refractivity contribution is 6.09. The van der Waals surface area contributed by atoms with Gasteiger partial charge in [0.15, 0.2) is 11.5 Å². The lowest BCUT2D eigenvalue weighted by Gasteiger charge is -2.13. The molecule has 2 aromatic carbocycles. The van der Waals surface area contributed by atoms with Crippen LogP contribution in [0.1, 0.15) is 50.7 Å². The predicted molar refractivity (Wildman–Crippen MR) is 121 cm³/mol. The molecule has 0 bridgehead atoms. The number of rotatable bonds is 11. The molecule has 0 saturated carbocycles. The molecule has 0 aromatic heterocycles. The summed E-state index contributed by atoms with van der Waals surface area (Å²) in [6.45, 7) is 7.16. The van der Waals surface area contributed by atoms with Gasteiger partial charge in [0.2, 0.25) is 0 Å².